The number of nitrogens with one attached hydrogen (secondary N) is 1. The van der Waals surface area contributed by atoms with Crippen LogP contribution in [0.15, 0.2) is 22.8 Å². The number of nitrogens with zero attached hydrogens (tertiary/aromatic N) is 6. The first-order chi connectivity index (χ1) is 13.5. The summed E-state index contributed by atoms with van der Waals surface area (Å²) in [5.41, 5.74) is 2.41. The fraction of sp³-hybridized carbons (Fsp3) is 0.650. The fourth-order valence-corrected chi connectivity index (χ4v) is 4.23. The minimum absolute atomic E-state index is 0. The molecule has 1 aliphatic rings. The zero-order valence-electron chi connectivity index (χ0n) is 18.0. The Hall–Kier alpha value is -1.20. The lowest BCUT2D eigenvalue weighted by molar-refractivity contribution is 0.179. The van der Waals surface area contributed by atoms with Gasteiger partial charge in [-0.2, -0.15) is 5.10 Å². The van der Waals surface area contributed by atoms with Gasteiger partial charge in [-0.15, -0.1) is 35.3 Å². The van der Waals surface area contributed by atoms with Crippen LogP contribution in [0.5, 0.6) is 0 Å². The van der Waals surface area contributed by atoms with Gasteiger partial charge in [-0.1, -0.05) is 0 Å². The summed E-state index contributed by atoms with van der Waals surface area (Å²) in [5, 5.41) is 11.0. The van der Waals surface area contributed by atoms with Gasteiger partial charge in [0, 0.05) is 57.4 Å². The van der Waals surface area contributed by atoms with E-state index in [4.69, 9.17) is 4.99 Å². The lowest BCUT2D eigenvalue weighted by atomic mass is 9.97. The van der Waals surface area contributed by atoms with Crippen molar-refractivity contribution in [1.29, 1.82) is 0 Å². The fourth-order valence-electron chi connectivity index (χ4n) is 3.62. The molecule has 0 unspecified atom stereocenters. The van der Waals surface area contributed by atoms with E-state index in [1.807, 2.05) is 17.9 Å². The summed E-state index contributed by atoms with van der Waals surface area (Å²) in [7, 11) is 4.04. The van der Waals surface area contributed by atoms with E-state index in [2.05, 4.69) is 57.7 Å². The average molecular weight is 532 g/mol. The van der Waals surface area contributed by atoms with Crippen molar-refractivity contribution in [2.75, 3.05) is 33.2 Å². The number of hydrogen-bond donors (Lipinski definition) is 1. The number of piperidine rings is 1. The predicted molar refractivity (Wildman–Crippen MR) is 131 cm³/mol. The lowest BCUT2D eigenvalue weighted by Crippen LogP contribution is -2.39. The average Bonchev–Trinajstić information content (AvgIpc) is 3.27. The molecule has 1 fully saturated rings. The number of likely N-dealkylation sites (tertiary alicyclic amines) is 1. The number of rotatable bonds is 7. The van der Waals surface area contributed by atoms with Gasteiger partial charge in [0.1, 0.15) is 0 Å². The molecule has 1 aliphatic heterocycles. The van der Waals surface area contributed by atoms with E-state index < -0.39 is 0 Å². The van der Waals surface area contributed by atoms with Crippen molar-refractivity contribution in [2.24, 2.45) is 18.0 Å². The van der Waals surface area contributed by atoms with Crippen LogP contribution < -0.4 is 5.32 Å². The van der Waals surface area contributed by atoms with Gasteiger partial charge in [0.2, 0.25) is 0 Å². The largest absolute Gasteiger partial charge is 0.357 e. The summed E-state index contributed by atoms with van der Waals surface area (Å²) >= 11 is 1.74. The summed E-state index contributed by atoms with van der Waals surface area (Å²) in [6, 6.07) is 0. The van der Waals surface area contributed by atoms with Crippen LogP contribution in [0, 0.1) is 12.8 Å². The monoisotopic (exact) mass is 531 g/mol. The van der Waals surface area contributed by atoms with Crippen LogP contribution in [-0.4, -0.2) is 63.8 Å². The van der Waals surface area contributed by atoms with Crippen LogP contribution in [-0.2, 0) is 20.1 Å². The second kappa shape index (κ2) is 11.8. The molecule has 0 spiro atoms. The molecule has 0 amide bonds. The van der Waals surface area contributed by atoms with Crippen molar-refractivity contribution < 1.29 is 0 Å². The van der Waals surface area contributed by atoms with Crippen LogP contribution in [0.2, 0.25) is 0 Å². The number of halogens is 1. The Balaban J connectivity index is 0.00000300. The zero-order chi connectivity index (χ0) is 19.9. The number of aryl methyl sites for hydroxylation is 2. The maximum Gasteiger partial charge on any atom is 0.193 e. The molecule has 0 atom stereocenters. The van der Waals surface area contributed by atoms with E-state index in [0.29, 0.717) is 5.92 Å². The third-order valence-electron chi connectivity index (χ3n) is 5.13. The molecule has 2 aromatic heterocycles. The van der Waals surface area contributed by atoms with Gasteiger partial charge in [0.15, 0.2) is 5.96 Å². The smallest absolute Gasteiger partial charge is 0.193 e. The predicted octanol–water partition coefficient (Wildman–Crippen LogP) is 3.11. The Morgan fingerprint density at radius 2 is 2.14 bits per heavy atom. The molecule has 9 heteroatoms. The first-order valence-electron chi connectivity index (χ1n) is 10.1. The first kappa shape index (κ1) is 24.1. The van der Waals surface area contributed by atoms with Crippen molar-refractivity contribution in [3.63, 3.8) is 0 Å². The highest BCUT2D eigenvalue weighted by Crippen LogP contribution is 2.20. The van der Waals surface area contributed by atoms with Gasteiger partial charge in [-0.3, -0.25) is 14.6 Å². The number of aromatic nitrogens is 3. The summed E-state index contributed by atoms with van der Waals surface area (Å²) in [6.45, 7) is 10.0. The van der Waals surface area contributed by atoms with Crippen LogP contribution >= 0.6 is 35.3 Å². The molecule has 2 aromatic rings. The molecule has 3 rings (SSSR count). The molecular formula is C20H34IN7S. The van der Waals surface area contributed by atoms with Crippen molar-refractivity contribution in [2.45, 2.75) is 39.8 Å². The van der Waals surface area contributed by atoms with Crippen molar-refractivity contribution >= 4 is 41.3 Å². The third-order valence-corrected chi connectivity index (χ3v) is 5.96. The number of aliphatic imine (C=N–C) groups is 1. The molecule has 3 heterocycles. The first-order valence-corrected chi connectivity index (χ1v) is 11.0. The molecule has 7 nitrogen and oxygen atoms in total. The van der Waals surface area contributed by atoms with E-state index in [-0.39, 0.29) is 24.0 Å². The molecule has 0 bridgehead atoms. The van der Waals surface area contributed by atoms with E-state index in [1.165, 1.54) is 24.1 Å². The van der Waals surface area contributed by atoms with Crippen molar-refractivity contribution in [3.05, 3.63) is 34.0 Å². The van der Waals surface area contributed by atoms with E-state index >= 15 is 0 Å². The highest BCUT2D eigenvalue weighted by atomic mass is 127. The third kappa shape index (κ3) is 7.53. The van der Waals surface area contributed by atoms with Crippen LogP contribution in [0.1, 0.15) is 36.0 Å². The van der Waals surface area contributed by atoms with Gasteiger partial charge in [-0.05, 0) is 45.7 Å². The molecule has 0 radical (unpaired) electrons. The zero-order valence-corrected chi connectivity index (χ0v) is 21.1. The lowest BCUT2D eigenvalue weighted by Gasteiger charge is -2.31. The van der Waals surface area contributed by atoms with Crippen molar-refractivity contribution in [3.8, 4) is 0 Å². The second-order valence-corrected chi connectivity index (χ2v) is 8.71. The molecule has 0 saturated carbocycles. The Labute approximate surface area is 195 Å². The van der Waals surface area contributed by atoms with E-state index in [0.717, 1.165) is 50.2 Å². The molecule has 29 heavy (non-hydrogen) atoms. The van der Waals surface area contributed by atoms with Crippen molar-refractivity contribution in [1.82, 2.24) is 29.9 Å². The second-order valence-electron chi connectivity index (χ2n) is 7.65. The normalized spacial score (nSPS) is 15.9. The SMILES string of the molecule is CCNC(=NCC1CCN(Cc2csc(C)n2)CC1)N(C)Cc1cnn(C)c1.I. The molecule has 1 N–H and O–H groups in total. The Kier molecular flexibility index (Phi) is 9.84. The molecule has 162 valence electrons. The van der Waals surface area contributed by atoms with Gasteiger partial charge < -0.3 is 10.2 Å². The summed E-state index contributed by atoms with van der Waals surface area (Å²) < 4.78 is 1.84. The maximum atomic E-state index is 4.93. The Bertz CT molecular complexity index is 764. The summed E-state index contributed by atoms with van der Waals surface area (Å²) in [5.74, 6) is 1.64. The Morgan fingerprint density at radius 3 is 2.72 bits per heavy atom. The van der Waals surface area contributed by atoms with Crippen LogP contribution in [0.25, 0.3) is 0 Å². The van der Waals surface area contributed by atoms with Gasteiger partial charge in [0.25, 0.3) is 0 Å². The number of guanidine groups is 1. The number of hydrogen-bond acceptors (Lipinski definition) is 5. The molecule has 0 aromatic carbocycles. The Morgan fingerprint density at radius 1 is 1.38 bits per heavy atom. The minimum atomic E-state index is 0. The molecular weight excluding hydrogens is 497 g/mol. The molecule has 1 saturated heterocycles. The summed E-state index contributed by atoms with van der Waals surface area (Å²) in [4.78, 5) is 14.2. The van der Waals surface area contributed by atoms with Crippen LogP contribution in [0.4, 0.5) is 0 Å². The maximum absolute atomic E-state index is 4.93. The van der Waals surface area contributed by atoms with E-state index in [1.54, 1.807) is 11.3 Å². The highest BCUT2D eigenvalue weighted by molar-refractivity contribution is 14.0. The quantitative estimate of drug-likeness (QED) is 0.338. The highest BCUT2D eigenvalue weighted by Gasteiger charge is 2.20. The van der Waals surface area contributed by atoms with Gasteiger partial charge >= 0.3 is 0 Å². The summed E-state index contributed by atoms with van der Waals surface area (Å²) in [6.07, 6.45) is 6.38. The van der Waals surface area contributed by atoms with Gasteiger partial charge in [-0.25, -0.2) is 4.98 Å². The number of thiazole rings is 1. The van der Waals surface area contributed by atoms with E-state index in [9.17, 15) is 0 Å². The van der Waals surface area contributed by atoms with Crippen LogP contribution in [0.3, 0.4) is 0 Å². The molecule has 0 aliphatic carbocycles. The minimum Gasteiger partial charge on any atom is -0.357 e. The van der Waals surface area contributed by atoms with Gasteiger partial charge in [0.05, 0.1) is 16.9 Å². The standard InChI is InChI=1S/C20H33N7S.HI/c1-5-21-20(25(3)12-18-11-23-26(4)13-18)22-10-17-6-8-27(9-7-17)14-19-15-28-16(2)24-19;/h11,13,15,17H,5-10,12,14H2,1-4H3,(H,21,22);1H. The topological polar surface area (TPSA) is 61.6 Å².